The fraction of sp³-hybridized carbons (Fsp3) is 0.0800. The van der Waals surface area contributed by atoms with Crippen molar-refractivity contribution in [3.8, 4) is 28.6 Å². The van der Waals surface area contributed by atoms with Crippen LogP contribution >= 0.6 is 0 Å². The molecule has 0 aliphatic carbocycles. The molecule has 7 heteroatoms. The van der Waals surface area contributed by atoms with Gasteiger partial charge in [-0.05, 0) is 47.5 Å². The maximum absolute atomic E-state index is 13.0. The predicted molar refractivity (Wildman–Crippen MR) is 118 cm³/mol. The fourth-order valence-electron chi connectivity index (χ4n) is 3.01. The summed E-state index contributed by atoms with van der Waals surface area (Å²) in [6, 6.07) is 20.5. The van der Waals surface area contributed by atoms with Crippen molar-refractivity contribution in [1.82, 2.24) is 15.3 Å². The molecule has 1 N–H and O–H groups in total. The lowest BCUT2D eigenvalue weighted by Gasteiger charge is -2.08. The van der Waals surface area contributed by atoms with Gasteiger partial charge in [0.05, 0.1) is 7.11 Å². The lowest BCUT2D eigenvalue weighted by Crippen LogP contribution is -2.22. The van der Waals surface area contributed by atoms with Crippen LogP contribution in [0.5, 0.6) is 17.5 Å². The summed E-state index contributed by atoms with van der Waals surface area (Å²) in [5.74, 6) is 0.704. The second-order valence-electron chi connectivity index (χ2n) is 6.93. The summed E-state index contributed by atoms with van der Waals surface area (Å²) in [6.45, 7) is 0.308. The zero-order chi connectivity index (χ0) is 22.3. The third kappa shape index (κ3) is 5.26. The van der Waals surface area contributed by atoms with Gasteiger partial charge >= 0.3 is 6.01 Å². The Hall–Kier alpha value is -4.26. The Morgan fingerprint density at radius 2 is 1.62 bits per heavy atom. The number of carbonyl (C=O) groups is 1. The van der Waals surface area contributed by atoms with Gasteiger partial charge in [-0.25, -0.2) is 14.4 Å². The van der Waals surface area contributed by atoms with Crippen molar-refractivity contribution in [2.75, 3.05) is 7.11 Å². The topological polar surface area (TPSA) is 73.3 Å². The zero-order valence-electron chi connectivity index (χ0n) is 17.3. The van der Waals surface area contributed by atoms with Gasteiger partial charge in [0, 0.05) is 36.1 Å². The molecule has 0 spiro atoms. The van der Waals surface area contributed by atoms with E-state index in [-0.39, 0.29) is 17.7 Å². The number of methoxy groups -OCH3 is 1. The summed E-state index contributed by atoms with van der Waals surface area (Å²) in [7, 11) is 1.58. The number of carbonyl (C=O) groups excluding carboxylic acids is 1. The van der Waals surface area contributed by atoms with Crippen molar-refractivity contribution >= 4 is 5.91 Å². The van der Waals surface area contributed by atoms with Crippen LogP contribution in [0.3, 0.4) is 0 Å². The van der Waals surface area contributed by atoms with E-state index in [0.29, 0.717) is 23.6 Å². The number of hydrogen-bond acceptors (Lipinski definition) is 5. The molecular formula is C25H20FN3O3. The largest absolute Gasteiger partial charge is 0.497 e. The number of nitrogens with one attached hydrogen (secondary N) is 1. The summed E-state index contributed by atoms with van der Waals surface area (Å²) in [5, 5.41) is 2.84. The lowest BCUT2D eigenvalue weighted by molar-refractivity contribution is 0.0951. The second kappa shape index (κ2) is 9.70. The molecule has 0 aliphatic heterocycles. The highest BCUT2D eigenvalue weighted by atomic mass is 19.1. The number of aromatic nitrogens is 2. The molecule has 0 atom stereocenters. The van der Waals surface area contributed by atoms with Crippen molar-refractivity contribution in [2.24, 2.45) is 0 Å². The Kier molecular flexibility index (Phi) is 6.36. The SMILES string of the molecule is COc1cccc(Oc2ncc(-c3cccc(C(=O)NCc4ccc(F)cc4)c3)cn2)c1. The van der Waals surface area contributed by atoms with E-state index < -0.39 is 0 Å². The first-order chi connectivity index (χ1) is 15.6. The van der Waals surface area contributed by atoms with Crippen LogP contribution in [-0.2, 0) is 6.54 Å². The molecule has 0 saturated heterocycles. The average molecular weight is 429 g/mol. The summed E-state index contributed by atoms with van der Waals surface area (Å²) >= 11 is 0. The Morgan fingerprint density at radius 3 is 2.38 bits per heavy atom. The Labute approximate surface area is 184 Å². The van der Waals surface area contributed by atoms with Crippen LogP contribution in [0.25, 0.3) is 11.1 Å². The van der Waals surface area contributed by atoms with Crippen LogP contribution in [0.15, 0.2) is 85.2 Å². The molecule has 3 aromatic carbocycles. The number of benzene rings is 3. The van der Waals surface area contributed by atoms with Crippen molar-refractivity contribution in [1.29, 1.82) is 0 Å². The third-order valence-corrected chi connectivity index (χ3v) is 4.70. The van der Waals surface area contributed by atoms with E-state index in [1.54, 1.807) is 62.0 Å². The van der Waals surface area contributed by atoms with Crippen LogP contribution in [0, 0.1) is 5.82 Å². The van der Waals surface area contributed by atoms with Crippen LogP contribution in [-0.4, -0.2) is 23.0 Å². The number of nitrogens with zero attached hydrogens (tertiary/aromatic N) is 2. The molecule has 0 bridgehead atoms. The molecular weight excluding hydrogens is 409 g/mol. The number of rotatable bonds is 7. The number of halogens is 1. The minimum absolute atomic E-state index is 0.204. The molecule has 32 heavy (non-hydrogen) atoms. The van der Waals surface area contributed by atoms with E-state index in [0.717, 1.165) is 16.7 Å². The van der Waals surface area contributed by atoms with Gasteiger partial charge in [0.2, 0.25) is 0 Å². The molecule has 0 fully saturated rings. The monoisotopic (exact) mass is 429 g/mol. The highest BCUT2D eigenvalue weighted by Gasteiger charge is 2.09. The van der Waals surface area contributed by atoms with Crippen molar-refractivity contribution in [2.45, 2.75) is 6.54 Å². The van der Waals surface area contributed by atoms with Gasteiger partial charge in [-0.2, -0.15) is 0 Å². The molecule has 160 valence electrons. The highest BCUT2D eigenvalue weighted by Crippen LogP contribution is 2.24. The molecule has 4 aromatic rings. The zero-order valence-corrected chi connectivity index (χ0v) is 17.3. The van der Waals surface area contributed by atoms with Gasteiger partial charge in [-0.1, -0.05) is 30.3 Å². The van der Waals surface area contributed by atoms with Crippen molar-refractivity contribution in [3.05, 3.63) is 102 Å². The van der Waals surface area contributed by atoms with Crippen molar-refractivity contribution in [3.63, 3.8) is 0 Å². The predicted octanol–water partition coefficient (Wildman–Crippen LogP) is 5.01. The van der Waals surface area contributed by atoms with E-state index in [9.17, 15) is 9.18 Å². The standard InChI is InChI=1S/C25H20FN3O3/c1-31-22-6-3-7-23(13-22)32-25-28-15-20(16-29-25)18-4-2-5-19(12-18)24(30)27-14-17-8-10-21(26)11-9-17/h2-13,15-16H,14H2,1H3,(H,27,30). The first kappa shape index (κ1) is 21.0. The highest BCUT2D eigenvalue weighted by molar-refractivity contribution is 5.95. The van der Waals surface area contributed by atoms with Crippen LogP contribution < -0.4 is 14.8 Å². The quantitative estimate of drug-likeness (QED) is 0.447. The Bertz CT molecular complexity index is 1210. The van der Waals surface area contributed by atoms with Gasteiger partial charge in [-0.3, -0.25) is 4.79 Å². The molecule has 6 nitrogen and oxygen atoms in total. The Morgan fingerprint density at radius 1 is 0.906 bits per heavy atom. The molecule has 0 saturated carbocycles. The molecule has 1 aromatic heterocycles. The molecule has 4 rings (SSSR count). The molecule has 0 unspecified atom stereocenters. The summed E-state index contributed by atoms with van der Waals surface area (Å²) < 4.78 is 23.9. The normalized spacial score (nSPS) is 10.4. The van der Waals surface area contributed by atoms with Gasteiger partial charge in [-0.15, -0.1) is 0 Å². The second-order valence-corrected chi connectivity index (χ2v) is 6.93. The van der Waals surface area contributed by atoms with E-state index in [1.807, 2.05) is 18.2 Å². The number of ether oxygens (including phenoxy) is 2. The van der Waals surface area contributed by atoms with Gasteiger partial charge < -0.3 is 14.8 Å². The molecule has 1 amide bonds. The molecule has 0 radical (unpaired) electrons. The van der Waals surface area contributed by atoms with Crippen LogP contribution in [0.1, 0.15) is 15.9 Å². The van der Waals surface area contributed by atoms with Gasteiger partial charge in [0.1, 0.15) is 17.3 Å². The number of hydrogen-bond donors (Lipinski definition) is 1. The summed E-state index contributed by atoms with van der Waals surface area (Å²) in [6.07, 6.45) is 3.27. The van der Waals surface area contributed by atoms with Crippen LogP contribution in [0.2, 0.25) is 0 Å². The summed E-state index contributed by atoms with van der Waals surface area (Å²) in [5.41, 5.74) is 2.86. The van der Waals surface area contributed by atoms with Crippen molar-refractivity contribution < 1.29 is 18.7 Å². The maximum Gasteiger partial charge on any atom is 0.321 e. The first-order valence-corrected chi connectivity index (χ1v) is 9.88. The van der Waals surface area contributed by atoms with Gasteiger partial charge in [0.15, 0.2) is 0 Å². The molecule has 1 heterocycles. The first-order valence-electron chi connectivity index (χ1n) is 9.88. The van der Waals surface area contributed by atoms with E-state index >= 15 is 0 Å². The van der Waals surface area contributed by atoms with Crippen LogP contribution in [0.4, 0.5) is 4.39 Å². The molecule has 0 aliphatic rings. The minimum Gasteiger partial charge on any atom is -0.497 e. The summed E-state index contributed by atoms with van der Waals surface area (Å²) in [4.78, 5) is 21.0. The Balaban J connectivity index is 1.43. The third-order valence-electron chi connectivity index (χ3n) is 4.70. The van der Waals surface area contributed by atoms with E-state index in [4.69, 9.17) is 9.47 Å². The van der Waals surface area contributed by atoms with E-state index in [2.05, 4.69) is 15.3 Å². The minimum atomic E-state index is -0.310. The lowest BCUT2D eigenvalue weighted by atomic mass is 10.1. The maximum atomic E-state index is 13.0. The average Bonchev–Trinajstić information content (AvgIpc) is 2.84. The fourth-order valence-corrected chi connectivity index (χ4v) is 3.01. The van der Waals surface area contributed by atoms with E-state index in [1.165, 1.54) is 12.1 Å². The number of amides is 1. The van der Waals surface area contributed by atoms with Gasteiger partial charge in [0.25, 0.3) is 5.91 Å². The smallest absolute Gasteiger partial charge is 0.321 e.